The molecule has 35 heavy (non-hydrogen) atoms. The highest BCUT2D eigenvalue weighted by Crippen LogP contribution is 2.30. The molecule has 1 saturated carbocycles. The number of ketones is 1. The van der Waals surface area contributed by atoms with E-state index in [0.717, 1.165) is 23.9 Å². The number of hydrogen-bond donors (Lipinski definition) is 0. The summed E-state index contributed by atoms with van der Waals surface area (Å²) >= 11 is 0. The van der Waals surface area contributed by atoms with Crippen LogP contribution in [0.4, 0.5) is 4.79 Å². The largest absolute Gasteiger partial charge is 0.465 e. The van der Waals surface area contributed by atoms with Crippen molar-refractivity contribution in [3.05, 3.63) is 65.4 Å². The lowest BCUT2D eigenvalue weighted by molar-refractivity contribution is -0.144. The highest BCUT2D eigenvalue weighted by Gasteiger charge is 2.35. The Morgan fingerprint density at radius 1 is 1.14 bits per heavy atom. The molecule has 180 valence electrons. The second kappa shape index (κ2) is 10.4. The van der Waals surface area contributed by atoms with E-state index in [9.17, 15) is 14.4 Å². The molecule has 8 heteroatoms. The maximum atomic E-state index is 13.1. The van der Waals surface area contributed by atoms with Crippen molar-refractivity contribution in [3.63, 3.8) is 0 Å². The van der Waals surface area contributed by atoms with Crippen molar-refractivity contribution in [3.8, 4) is 11.8 Å². The molecule has 1 amide bonds. The van der Waals surface area contributed by atoms with E-state index in [4.69, 9.17) is 14.7 Å². The molecule has 1 aliphatic carbocycles. The van der Waals surface area contributed by atoms with Crippen molar-refractivity contribution < 1.29 is 23.9 Å². The third-order valence-corrected chi connectivity index (χ3v) is 6.02. The van der Waals surface area contributed by atoms with Gasteiger partial charge in [0.05, 0.1) is 18.2 Å². The summed E-state index contributed by atoms with van der Waals surface area (Å²) in [4.78, 5) is 39.2. The van der Waals surface area contributed by atoms with Crippen molar-refractivity contribution in [2.45, 2.75) is 38.6 Å². The summed E-state index contributed by atoms with van der Waals surface area (Å²) in [6, 6.07) is 14.4. The lowest BCUT2D eigenvalue weighted by atomic mass is 10.0. The zero-order chi connectivity index (χ0) is 24.9. The minimum atomic E-state index is -0.607. The highest BCUT2D eigenvalue weighted by atomic mass is 16.6. The van der Waals surface area contributed by atoms with Crippen LogP contribution in [0.1, 0.15) is 47.7 Å². The average Bonchev–Trinajstić information content (AvgIpc) is 3.64. The van der Waals surface area contributed by atoms with Gasteiger partial charge in [-0.05, 0) is 62.1 Å². The van der Waals surface area contributed by atoms with Crippen LogP contribution in [-0.2, 0) is 23.0 Å². The molecular weight excluding hydrogens is 446 g/mol. The van der Waals surface area contributed by atoms with Crippen LogP contribution in [0.3, 0.4) is 0 Å². The Balaban J connectivity index is 1.49. The van der Waals surface area contributed by atoms with Gasteiger partial charge in [0.15, 0.2) is 5.78 Å². The normalized spacial score (nSPS) is 12.7. The van der Waals surface area contributed by atoms with Crippen LogP contribution in [0, 0.1) is 11.3 Å². The van der Waals surface area contributed by atoms with Crippen LogP contribution >= 0.6 is 0 Å². The number of rotatable bonds is 9. The molecule has 0 N–H and O–H groups in total. The quantitative estimate of drug-likeness (QED) is 0.337. The first-order chi connectivity index (χ1) is 16.9. The van der Waals surface area contributed by atoms with Crippen molar-refractivity contribution >= 4 is 28.7 Å². The molecule has 0 saturated heterocycles. The molecule has 0 radical (unpaired) electrons. The smallest absolute Gasteiger partial charge is 0.416 e. The zero-order valence-electron chi connectivity index (χ0n) is 19.8. The number of esters is 1. The van der Waals surface area contributed by atoms with Gasteiger partial charge in [0.25, 0.3) is 0 Å². The van der Waals surface area contributed by atoms with Gasteiger partial charge in [0.1, 0.15) is 12.3 Å². The van der Waals surface area contributed by atoms with Crippen LogP contribution in [0.2, 0.25) is 0 Å². The second-order valence-corrected chi connectivity index (χ2v) is 8.60. The molecule has 1 heterocycles. The topological polar surface area (TPSA) is 102 Å². The van der Waals surface area contributed by atoms with Crippen molar-refractivity contribution in [2.24, 2.45) is 7.05 Å². The highest BCUT2D eigenvalue weighted by molar-refractivity contribution is 6.08. The molecule has 0 bridgehead atoms. The first kappa shape index (κ1) is 24.0. The minimum absolute atomic E-state index is 0.0215. The summed E-state index contributed by atoms with van der Waals surface area (Å²) in [7, 11) is 1.86. The summed E-state index contributed by atoms with van der Waals surface area (Å²) < 4.78 is 12.4. The third kappa shape index (κ3) is 5.69. The van der Waals surface area contributed by atoms with Crippen LogP contribution in [-0.4, -0.2) is 46.5 Å². The molecule has 0 unspecified atom stereocenters. The van der Waals surface area contributed by atoms with Crippen LogP contribution in [0.25, 0.3) is 10.9 Å². The maximum absolute atomic E-state index is 13.1. The van der Waals surface area contributed by atoms with E-state index in [-0.39, 0.29) is 25.0 Å². The van der Waals surface area contributed by atoms with Gasteiger partial charge in [-0.15, -0.1) is 0 Å². The number of carbonyl (C=O) groups is 3. The van der Waals surface area contributed by atoms with Gasteiger partial charge in [0.2, 0.25) is 0 Å². The van der Waals surface area contributed by atoms with Crippen molar-refractivity contribution in [1.82, 2.24) is 9.47 Å². The second-order valence-electron chi connectivity index (χ2n) is 8.60. The number of Topliss-reactive ketones (excluding diaryl/α,β-unsaturated/α-hetero) is 1. The summed E-state index contributed by atoms with van der Waals surface area (Å²) in [5.41, 5.74) is 2.96. The van der Waals surface area contributed by atoms with Gasteiger partial charge < -0.3 is 14.0 Å². The number of carbonyl (C=O) groups excluding carboxylic acids is 3. The van der Waals surface area contributed by atoms with Crippen molar-refractivity contribution in [1.29, 1.82) is 5.26 Å². The third-order valence-electron chi connectivity index (χ3n) is 6.02. The van der Waals surface area contributed by atoms with E-state index in [0.29, 0.717) is 35.1 Å². The molecule has 1 fully saturated rings. The fourth-order valence-electron chi connectivity index (χ4n) is 4.03. The molecule has 1 aromatic heterocycles. The standard InChI is InChI=1S/C27H27N3O5/c1-3-34-26(32)17-30(20-9-10-20)27(33)35-21-11-12-24-22(14-21)23(16-29(24)2)25(31)13-8-18-4-6-19(15-28)7-5-18/h4-7,11-12,14,16,20H,3,8-10,13,17H2,1-2H3. The van der Waals surface area contributed by atoms with Crippen LogP contribution in [0.5, 0.6) is 5.75 Å². The fraction of sp³-hybridized carbons (Fsp3) is 0.333. The van der Waals surface area contributed by atoms with Gasteiger partial charge in [0, 0.05) is 42.2 Å². The van der Waals surface area contributed by atoms with Gasteiger partial charge in [-0.1, -0.05) is 12.1 Å². The molecule has 0 atom stereocenters. The predicted octanol–water partition coefficient (Wildman–Crippen LogP) is 4.39. The Hall–Kier alpha value is -4.12. The molecule has 8 nitrogen and oxygen atoms in total. The van der Waals surface area contributed by atoms with E-state index in [1.807, 2.05) is 29.8 Å². The molecule has 0 aliphatic heterocycles. The number of hydrogen-bond acceptors (Lipinski definition) is 6. The van der Waals surface area contributed by atoms with E-state index >= 15 is 0 Å². The number of aromatic nitrogens is 1. The number of amides is 1. The molecule has 2 aromatic carbocycles. The molecule has 0 spiro atoms. The number of nitrogens with zero attached hydrogens (tertiary/aromatic N) is 3. The molecular formula is C27H27N3O5. The van der Waals surface area contributed by atoms with Gasteiger partial charge in [-0.2, -0.15) is 5.26 Å². The van der Waals surface area contributed by atoms with E-state index in [1.165, 1.54) is 4.90 Å². The van der Waals surface area contributed by atoms with Gasteiger partial charge >= 0.3 is 12.1 Å². The number of benzene rings is 2. The van der Waals surface area contributed by atoms with Crippen molar-refractivity contribution in [2.75, 3.05) is 13.2 Å². The van der Waals surface area contributed by atoms with Gasteiger partial charge in [-0.25, -0.2) is 4.79 Å². The average molecular weight is 474 g/mol. The Morgan fingerprint density at radius 2 is 1.89 bits per heavy atom. The van der Waals surface area contributed by atoms with E-state index in [1.54, 1.807) is 37.4 Å². The minimum Gasteiger partial charge on any atom is -0.465 e. The lowest BCUT2D eigenvalue weighted by Crippen LogP contribution is -2.40. The number of aryl methyl sites for hydroxylation is 2. The summed E-state index contributed by atoms with van der Waals surface area (Å²) in [6.45, 7) is 1.82. The first-order valence-corrected chi connectivity index (χ1v) is 11.6. The lowest BCUT2D eigenvalue weighted by Gasteiger charge is -2.20. The first-order valence-electron chi connectivity index (χ1n) is 11.6. The monoisotopic (exact) mass is 473 g/mol. The van der Waals surface area contributed by atoms with Crippen LogP contribution in [0.15, 0.2) is 48.7 Å². The number of nitriles is 1. The Morgan fingerprint density at radius 3 is 2.54 bits per heavy atom. The van der Waals surface area contributed by atoms with E-state index < -0.39 is 12.1 Å². The SMILES string of the molecule is CCOC(=O)CN(C(=O)Oc1ccc2c(c1)c(C(=O)CCc1ccc(C#N)cc1)cn2C)C1CC1. The van der Waals surface area contributed by atoms with E-state index in [2.05, 4.69) is 6.07 Å². The molecule has 4 rings (SSSR count). The van der Waals surface area contributed by atoms with Gasteiger partial charge in [-0.3, -0.25) is 14.5 Å². The summed E-state index contributed by atoms with van der Waals surface area (Å²) in [5, 5.41) is 9.63. The Bertz CT molecular complexity index is 1300. The number of fused-ring (bicyclic) bond motifs is 1. The fourth-order valence-corrected chi connectivity index (χ4v) is 4.03. The predicted molar refractivity (Wildman–Crippen MR) is 129 cm³/mol. The van der Waals surface area contributed by atoms with Crippen LogP contribution < -0.4 is 4.74 Å². The number of ether oxygens (including phenoxy) is 2. The maximum Gasteiger partial charge on any atom is 0.416 e. The summed E-state index contributed by atoms with van der Waals surface area (Å²) in [5.74, 6) is -0.181. The molecule has 3 aromatic rings. The Kier molecular flexibility index (Phi) is 7.16. The zero-order valence-corrected chi connectivity index (χ0v) is 19.8. The summed E-state index contributed by atoms with van der Waals surface area (Å²) in [6.07, 6.45) is 3.69. The molecule has 1 aliphatic rings. The Labute approximate surface area is 203 Å².